The maximum Gasteiger partial charge on any atom is 0.320 e. The highest BCUT2D eigenvalue weighted by atomic mass is 16.6. The van der Waals surface area contributed by atoms with Crippen LogP contribution in [-0.4, -0.2) is 46.6 Å². The number of rotatable bonds is 6. The maximum atomic E-state index is 11.0. The summed E-state index contributed by atoms with van der Waals surface area (Å²) in [5.41, 5.74) is 0.0165. The second-order valence-corrected chi connectivity index (χ2v) is 4.63. The fourth-order valence-corrected chi connectivity index (χ4v) is 2.32. The molecule has 1 aliphatic heterocycles. The van der Waals surface area contributed by atoms with Crippen molar-refractivity contribution in [3.8, 4) is 5.75 Å². The lowest BCUT2D eigenvalue weighted by Gasteiger charge is -2.20. The molecule has 0 aliphatic carbocycles. The molecule has 1 atom stereocenters. The van der Waals surface area contributed by atoms with E-state index in [1.54, 1.807) is 0 Å². The van der Waals surface area contributed by atoms with E-state index in [1.807, 2.05) is 4.90 Å². The van der Waals surface area contributed by atoms with Crippen molar-refractivity contribution in [2.45, 2.75) is 18.9 Å². The Morgan fingerprint density at radius 2 is 2.15 bits per heavy atom. The zero-order valence-electron chi connectivity index (χ0n) is 10.9. The minimum absolute atomic E-state index is 0.0165. The Bertz CT molecular complexity index is 488. The second kappa shape index (κ2) is 6.33. The molecule has 0 amide bonds. The third-order valence-corrected chi connectivity index (χ3v) is 3.34. The van der Waals surface area contributed by atoms with Crippen LogP contribution in [0, 0.1) is 10.1 Å². The molecule has 20 heavy (non-hydrogen) atoms. The quantitative estimate of drug-likeness (QED) is 0.627. The summed E-state index contributed by atoms with van der Waals surface area (Å²) in [6.07, 6.45) is 1.56. The van der Waals surface area contributed by atoms with E-state index in [0.29, 0.717) is 25.3 Å². The molecule has 1 unspecified atom stereocenters. The second-order valence-electron chi connectivity index (χ2n) is 4.63. The van der Waals surface area contributed by atoms with Crippen LogP contribution in [0.2, 0.25) is 0 Å². The van der Waals surface area contributed by atoms with Gasteiger partial charge in [-0.25, -0.2) is 0 Å². The number of aliphatic carboxylic acids is 1. The van der Waals surface area contributed by atoms with Gasteiger partial charge in [0.1, 0.15) is 18.4 Å². The number of carboxylic acids is 1. The van der Waals surface area contributed by atoms with Crippen LogP contribution in [0.25, 0.3) is 0 Å². The smallest absolute Gasteiger partial charge is 0.320 e. The van der Waals surface area contributed by atoms with Gasteiger partial charge in [-0.05, 0) is 31.5 Å². The molecule has 1 aromatic carbocycles. The predicted octanol–water partition coefficient (Wildman–Crippen LogP) is 1.52. The van der Waals surface area contributed by atoms with Crippen molar-refractivity contribution < 1.29 is 19.6 Å². The molecule has 7 nitrogen and oxygen atoms in total. The van der Waals surface area contributed by atoms with Gasteiger partial charge in [-0.3, -0.25) is 19.8 Å². The maximum absolute atomic E-state index is 11.0. The Morgan fingerprint density at radius 3 is 2.75 bits per heavy atom. The third-order valence-electron chi connectivity index (χ3n) is 3.34. The summed E-state index contributed by atoms with van der Waals surface area (Å²) in [6.45, 7) is 1.66. The molecule has 1 fully saturated rings. The summed E-state index contributed by atoms with van der Waals surface area (Å²) >= 11 is 0. The largest absolute Gasteiger partial charge is 0.492 e. The molecule has 2 rings (SSSR count). The van der Waals surface area contributed by atoms with E-state index in [9.17, 15) is 14.9 Å². The highest BCUT2D eigenvalue weighted by Gasteiger charge is 2.29. The van der Waals surface area contributed by atoms with Crippen molar-refractivity contribution >= 4 is 11.7 Å². The SMILES string of the molecule is O=C(O)C1CCCN1CCOc1ccc([N+](=O)[O-])cc1. The number of hydrogen-bond donors (Lipinski definition) is 1. The van der Waals surface area contributed by atoms with Gasteiger partial charge in [-0.1, -0.05) is 0 Å². The van der Waals surface area contributed by atoms with Crippen molar-refractivity contribution in [1.29, 1.82) is 0 Å². The highest BCUT2D eigenvalue weighted by molar-refractivity contribution is 5.73. The Balaban J connectivity index is 1.81. The van der Waals surface area contributed by atoms with Gasteiger partial charge in [0.05, 0.1) is 4.92 Å². The number of non-ortho nitro benzene ring substituents is 1. The lowest BCUT2D eigenvalue weighted by Crippen LogP contribution is -2.38. The van der Waals surface area contributed by atoms with Gasteiger partial charge in [-0.15, -0.1) is 0 Å². The van der Waals surface area contributed by atoms with Gasteiger partial charge in [-0.2, -0.15) is 0 Å². The van der Waals surface area contributed by atoms with Crippen LogP contribution in [0.15, 0.2) is 24.3 Å². The average molecular weight is 280 g/mol. The molecule has 1 aliphatic rings. The van der Waals surface area contributed by atoms with Gasteiger partial charge in [0.2, 0.25) is 0 Å². The lowest BCUT2D eigenvalue weighted by atomic mass is 10.2. The summed E-state index contributed by atoms with van der Waals surface area (Å²) in [5.74, 6) is -0.250. The van der Waals surface area contributed by atoms with Crippen molar-refractivity contribution in [3.63, 3.8) is 0 Å². The number of nitro benzene ring substituents is 1. The fraction of sp³-hybridized carbons (Fsp3) is 0.462. The van der Waals surface area contributed by atoms with Crippen molar-refractivity contribution in [1.82, 2.24) is 4.90 Å². The Kier molecular flexibility index (Phi) is 4.52. The summed E-state index contributed by atoms with van der Waals surface area (Å²) in [6, 6.07) is 5.42. The first-order valence-electron chi connectivity index (χ1n) is 6.42. The van der Waals surface area contributed by atoms with Crippen LogP contribution in [0.5, 0.6) is 5.75 Å². The van der Waals surface area contributed by atoms with Crippen molar-refractivity contribution in [2.75, 3.05) is 19.7 Å². The van der Waals surface area contributed by atoms with E-state index >= 15 is 0 Å². The molecule has 0 radical (unpaired) electrons. The topological polar surface area (TPSA) is 92.9 Å². The Morgan fingerprint density at radius 1 is 1.45 bits per heavy atom. The molecule has 0 spiro atoms. The summed E-state index contributed by atoms with van der Waals surface area (Å²) < 4.78 is 5.47. The number of nitro groups is 1. The summed E-state index contributed by atoms with van der Waals surface area (Å²) in [7, 11) is 0. The van der Waals surface area contributed by atoms with Crippen molar-refractivity contribution in [3.05, 3.63) is 34.4 Å². The number of likely N-dealkylation sites (tertiary alicyclic amines) is 1. The van der Waals surface area contributed by atoms with Gasteiger partial charge < -0.3 is 9.84 Å². The van der Waals surface area contributed by atoms with E-state index in [2.05, 4.69) is 0 Å². The first kappa shape index (κ1) is 14.3. The molecule has 1 N–H and O–H groups in total. The predicted molar refractivity (Wildman–Crippen MR) is 70.8 cm³/mol. The van der Waals surface area contributed by atoms with E-state index < -0.39 is 16.9 Å². The van der Waals surface area contributed by atoms with Gasteiger partial charge in [0.25, 0.3) is 5.69 Å². The lowest BCUT2D eigenvalue weighted by molar-refractivity contribution is -0.384. The minimum atomic E-state index is -0.794. The number of benzene rings is 1. The van der Waals surface area contributed by atoms with Crippen LogP contribution in [-0.2, 0) is 4.79 Å². The number of nitrogens with zero attached hydrogens (tertiary/aromatic N) is 2. The molecule has 1 saturated heterocycles. The third kappa shape index (κ3) is 3.45. The van der Waals surface area contributed by atoms with Gasteiger partial charge in [0, 0.05) is 18.7 Å². The first-order chi connectivity index (χ1) is 9.58. The zero-order valence-corrected chi connectivity index (χ0v) is 10.9. The standard InChI is InChI=1S/C13H16N2O5/c16-13(17)12-2-1-7-14(12)8-9-20-11-5-3-10(4-6-11)15(18)19/h3-6,12H,1-2,7-9H2,(H,16,17). The number of carbonyl (C=O) groups is 1. The van der Waals surface area contributed by atoms with Crippen LogP contribution >= 0.6 is 0 Å². The molecular weight excluding hydrogens is 264 g/mol. The Labute approximate surface area is 115 Å². The molecule has 0 bridgehead atoms. The number of carboxylic acid groups (broad SMARTS) is 1. The van der Waals surface area contributed by atoms with E-state index in [0.717, 1.165) is 13.0 Å². The van der Waals surface area contributed by atoms with E-state index in [-0.39, 0.29) is 5.69 Å². The van der Waals surface area contributed by atoms with Crippen LogP contribution in [0.1, 0.15) is 12.8 Å². The molecule has 1 heterocycles. The zero-order chi connectivity index (χ0) is 14.5. The Hall–Kier alpha value is -2.15. The first-order valence-corrected chi connectivity index (χ1v) is 6.42. The fourth-order valence-electron chi connectivity index (χ4n) is 2.32. The number of hydrogen-bond acceptors (Lipinski definition) is 5. The normalized spacial score (nSPS) is 18.9. The highest BCUT2D eigenvalue weighted by Crippen LogP contribution is 2.19. The molecular formula is C13H16N2O5. The van der Waals surface area contributed by atoms with Gasteiger partial charge in [0.15, 0.2) is 0 Å². The van der Waals surface area contributed by atoms with E-state index in [4.69, 9.17) is 9.84 Å². The molecule has 7 heteroatoms. The van der Waals surface area contributed by atoms with Crippen LogP contribution < -0.4 is 4.74 Å². The molecule has 1 aromatic rings. The van der Waals surface area contributed by atoms with Crippen LogP contribution in [0.3, 0.4) is 0 Å². The summed E-state index contributed by atoms with van der Waals surface area (Å²) in [4.78, 5) is 22.9. The van der Waals surface area contributed by atoms with E-state index in [1.165, 1.54) is 24.3 Å². The average Bonchev–Trinajstić information content (AvgIpc) is 2.88. The minimum Gasteiger partial charge on any atom is -0.492 e. The molecule has 0 saturated carbocycles. The summed E-state index contributed by atoms with van der Waals surface area (Å²) in [5, 5.41) is 19.5. The van der Waals surface area contributed by atoms with Crippen molar-refractivity contribution in [2.24, 2.45) is 0 Å². The molecule has 108 valence electrons. The van der Waals surface area contributed by atoms with Gasteiger partial charge >= 0.3 is 5.97 Å². The number of ether oxygens (including phenoxy) is 1. The molecule has 0 aromatic heterocycles. The monoisotopic (exact) mass is 280 g/mol. The van der Waals surface area contributed by atoms with Crippen LogP contribution in [0.4, 0.5) is 5.69 Å².